The Balaban J connectivity index is 2.18. The minimum Gasteiger partial charge on any atom is -0.351 e. The fourth-order valence-electron chi connectivity index (χ4n) is 2.30. The summed E-state index contributed by atoms with van der Waals surface area (Å²) in [7, 11) is 1.84. The van der Waals surface area contributed by atoms with Crippen molar-refractivity contribution in [1.82, 2.24) is 19.6 Å². The van der Waals surface area contributed by atoms with Crippen LogP contribution < -0.4 is 11.1 Å². The molecule has 0 bridgehead atoms. The first-order valence-electron chi connectivity index (χ1n) is 6.78. The number of nitrogens with two attached hydrogens (primary N) is 1. The summed E-state index contributed by atoms with van der Waals surface area (Å²) < 4.78 is 3.36. The molecule has 0 aliphatic carbocycles. The van der Waals surface area contributed by atoms with Gasteiger partial charge in [0, 0.05) is 18.8 Å². The van der Waals surface area contributed by atoms with E-state index >= 15 is 0 Å². The monoisotopic (exact) mass is 296 g/mol. The Hall–Kier alpha value is -3.09. The van der Waals surface area contributed by atoms with Crippen molar-refractivity contribution in [3.8, 4) is 17.1 Å². The smallest absolute Gasteiger partial charge is 0.317 e. The zero-order valence-electron chi connectivity index (χ0n) is 12.3. The van der Waals surface area contributed by atoms with Gasteiger partial charge >= 0.3 is 6.03 Å². The SMILES string of the molecule is Cc1c(-c2ccn(C)n2)nn(-c2ccccc2)c1NC(N)=O. The predicted octanol–water partition coefficient (Wildman–Crippen LogP) is 2.07. The van der Waals surface area contributed by atoms with Crippen LogP contribution in [0, 0.1) is 6.92 Å². The highest BCUT2D eigenvalue weighted by Crippen LogP contribution is 2.29. The number of nitrogens with zero attached hydrogens (tertiary/aromatic N) is 4. The number of benzene rings is 1. The highest BCUT2D eigenvalue weighted by molar-refractivity contribution is 5.89. The van der Waals surface area contributed by atoms with Crippen LogP contribution in [0.15, 0.2) is 42.6 Å². The van der Waals surface area contributed by atoms with Gasteiger partial charge in [-0.15, -0.1) is 0 Å². The molecule has 7 nitrogen and oxygen atoms in total. The first-order valence-corrected chi connectivity index (χ1v) is 6.78. The fraction of sp³-hybridized carbons (Fsp3) is 0.133. The van der Waals surface area contributed by atoms with E-state index < -0.39 is 6.03 Å². The standard InChI is InChI=1S/C15H16N6O/c1-10-13(12-8-9-20(2)18-12)19-21(14(10)17-15(16)22)11-6-4-3-5-7-11/h3-9H,1-2H3,(H3,16,17,22). The van der Waals surface area contributed by atoms with Gasteiger partial charge in [0.05, 0.1) is 5.69 Å². The first kappa shape index (κ1) is 13.9. The van der Waals surface area contributed by atoms with Crippen molar-refractivity contribution in [2.24, 2.45) is 12.8 Å². The number of anilines is 1. The van der Waals surface area contributed by atoms with Crippen LogP contribution in [0.1, 0.15) is 5.56 Å². The van der Waals surface area contributed by atoms with Gasteiger partial charge in [-0.25, -0.2) is 9.48 Å². The van der Waals surface area contributed by atoms with Crippen molar-refractivity contribution in [2.75, 3.05) is 5.32 Å². The lowest BCUT2D eigenvalue weighted by Crippen LogP contribution is -2.21. The van der Waals surface area contributed by atoms with Crippen LogP contribution in [-0.2, 0) is 7.05 Å². The summed E-state index contributed by atoms with van der Waals surface area (Å²) in [5.41, 5.74) is 8.36. The average molecular weight is 296 g/mol. The van der Waals surface area contributed by atoms with E-state index in [4.69, 9.17) is 5.73 Å². The zero-order valence-corrected chi connectivity index (χ0v) is 12.3. The molecule has 22 heavy (non-hydrogen) atoms. The third-order valence-corrected chi connectivity index (χ3v) is 3.32. The van der Waals surface area contributed by atoms with Gasteiger partial charge in [-0.1, -0.05) is 18.2 Å². The summed E-state index contributed by atoms with van der Waals surface area (Å²) >= 11 is 0. The number of carbonyl (C=O) groups excluding carboxylic acids is 1. The predicted molar refractivity (Wildman–Crippen MR) is 83.7 cm³/mol. The van der Waals surface area contributed by atoms with Crippen LogP contribution in [0.25, 0.3) is 17.1 Å². The highest BCUT2D eigenvalue weighted by Gasteiger charge is 2.19. The molecular weight excluding hydrogens is 280 g/mol. The summed E-state index contributed by atoms with van der Waals surface area (Å²) in [6.45, 7) is 1.88. The first-order chi connectivity index (χ1) is 10.6. The van der Waals surface area contributed by atoms with E-state index in [1.165, 1.54) is 0 Å². The number of amides is 2. The van der Waals surface area contributed by atoms with E-state index in [0.717, 1.165) is 16.9 Å². The Bertz CT molecular complexity index is 818. The summed E-state index contributed by atoms with van der Waals surface area (Å²) in [5, 5.41) is 11.6. The van der Waals surface area contributed by atoms with E-state index in [2.05, 4.69) is 15.5 Å². The zero-order chi connectivity index (χ0) is 15.7. The molecule has 0 saturated carbocycles. The summed E-state index contributed by atoms with van der Waals surface area (Å²) in [4.78, 5) is 11.3. The largest absolute Gasteiger partial charge is 0.351 e. The summed E-state index contributed by atoms with van der Waals surface area (Å²) in [6.07, 6.45) is 1.84. The summed E-state index contributed by atoms with van der Waals surface area (Å²) in [5.74, 6) is 0.541. The lowest BCUT2D eigenvalue weighted by atomic mass is 10.2. The third kappa shape index (κ3) is 2.44. The van der Waals surface area contributed by atoms with E-state index in [9.17, 15) is 4.79 Å². The van der Waals surface area contributed by atoms with Crippen LogP contribution in [0.3, 0.4) is 0 Å². The van der Waals surface area contributed by atoms with Crippen molar-refractivity contribution >= 4 is 11.8 Å². The molecule has 0 spiro atoms. The molecule has 2 heterocycles. The van der Waals surface area contributed by atoms with Gasteiger partial charge in [0.1, 0.15) is 17.2 Å². The molecule has 0 saturated heterocycles. The number of urea groups is 1. The van der Waals surface area contributed by atoms with Gasteiger partial charge in [0.15, 0.2) is 0 Å². The quantitative estimate of drug-likeness (QED) is 0.775. The number of aryl methyl sites for hydroxylation is 1. The van der Waals surface area contributed by atoms with Gasteiger partial charge < -0.3 is 5.73 Å². The Morgan fingerprint density at radius 2 is 1.91 bits per heavy atom. The second-order valence-corrected chi connectivity index (χ2v) is 4.93. The number of primary amides is 1. The Labute approximate surface area is 127 Å². The molecule has 0 radical (unpaired) electrons. The number of hydrogen-bond donors (Lipinski definition) is 2. The number of hydrogen-bond acceptors (Lipinski definition) is 3. The molecule has 0 atom stereocenters. The molecule has 0 aliphatic heterocycles. The number of carbonyl (C=O) groups is 1. The van der Waals surface area contributed by atoms with E-state index in [-0.39, 0.29) is 0 Å². The van der Waals surface area contributed by atoms with Crippen molar-refractivity contribution in [3.63, 3.8) is 0 Å². The van der Waals surface area contributed by atoms with Crippen LogP contribution in [-0.4, -0.2) is 25.6 Å². The maximum atomic E-state index is 11.3. The van der Waals surface area contributed by atoms with Crippen LogP contribution in [0.2, 0.25) is 0 Å². The average Bonchev–Trinajstić information content (AvgIpc) is 3.05. The molecule has 0 unspecified atom stereocenters. The number of aromatic nitrogens is 4. The van der Waals surface area contributed by atoms with Crippen molar-refractivity contribution in [2.45, 2.75) is 6.92 Å². The number of rotatable bonds is 3. The molecular formula is C15H16N6O. The molecule has 0 fully saturated rings. The topological polar surface area (TPSA) is 90.8 Å². The Morgan fingerprint density at radius 3 is 2.50 bits per heavy atom. The second kappa shape index (κ2) is 5.36. The molecule has 0 aliphatic rings. The van der Waals surface area contributed by atoms with Gasteiger partial charge in [0.2, 0.25) is 0 Å². The maximum absolute atomic E-state index is 11.3. The van der Waals surface area contributed by atoms with Crippen molar-refractivity contribution < 1.29 is 4.79 Å². The molecule has 112 valence electrons. The minimum atomic E-state index is -0.632. The highest BCUT2D eigenvalue weighted by atomic mass is 16.2. The fourth-order valence-corrected chi connectivity index (χ4v) is 2.30. The Morgan fingerprint density at radius 1 is 1.18 bits per heavy atom. The lowest BCUT2D eigenvalue weighted by Gasteiger charge is -2.07. The van der Waals surface area contributed by atoms with Crippen LogP contribution >= 0.6 is 0 Å². The maximum Gasteiger partial charge on any atom is 0.317 e. The normalized spacial score (nSPS) is 10.6. The molecule has 3 rings (SSSR count). The molecule has 3 aromatic rings. The molecule has 1 aromatic carbocycles. The number of nitrogens with one attached hydrogen (secondary N) is 1. The van der Waals surface area contributed by atoms with Crippen LogP contribution in [0.5, 0.6) is 0 Å². The Kier molecular flexibility index (Phi) is 3.38. The van der Waals surface area contributed by atoms with Gasteiger partial charge in [-0.2, -0.15) is 10.2 Å². The molecule has 3 N–H and O–H groups in total. The molecule has 7 heteroatoms. The third-order valence-electron chi connectivity index (χ3n) is 3.32. The van der Waals surface area contributed by atoms with Crippen molar-refractivity contribution in [3.05, 3.63) is 48.2 Å². The van der Waals surface area contributed by atoms with Crippen LogP contribution in [0.4, 0.5) is 10.6 Å². The van der Waals surface area contributed by atoms with E-state index in [1.54, 1.807) is 9.36 Å². The summed E-state index contributed by atoms with van der Waals surface area (Å²) in [6, 6.07) is 10.8. The minimum absolute atomic E-state index is 0.541. The van der Waals surface area contributed by atoms with Crippen molar-refractivity contribution in [1.29, 1.82) is 0 Å². The lowest BCUT2D eigenvalue weighted by molar-refractivity contribution is 0.259. The second-order valence-electron chi connectivity index (χ2n) is 4.93. The van der Waals surface area contributed by atoms with Gasteiger partial charge in [-0.05, 0) is 25.1 Å². The molecule has 2 amide bonds. The van der Waals surface area contributed by atoms with Gasteiger partial charge in [-0.3, -0.25) is 10.00 Å². The van der Waals surface area contributed by atoms with E-state index in [1.807, 2.05) is 56.6 Å². The number of para-hydroxylation sites is 1. The van der Waals surface area contributed by atoms with E-state index in [0.29, 0.717) is 11.5 Å². The van der Waals surface area contributed by atoms with Gasteiger partial charge in [0.25, 0.3) is 0 Å². The molecule has 2 aromatic heterocycles.